The molecule has 142 valence electrons. The number of amides is 1. The van der Waals surface area contributed by atoms with Gasteiger partial charge in [-0.2, -0.15) is 0 Å². The molecule has 1 fully saturated rings. The fourth-order valence-electron chi connectivity index (χ4n) is 3.39. The van der Waals surface area contributed by atoms with Crippen LogP contribution in [-0.4, -0.2) is 41.7 Å². The van der Waals surface area contributed by atoms with Gasteiger partial charge in [-0.25, -0.2) is 14.2 Å². The number of aromatic nitrogens is 1. The lowest BCUT2D eigenvalue weighted by Gasteiger charge is -2.38. The molecular formula is C20H21FN2O4. The van der Waals surface area contributed by atoms with Crippen molar-refractivity contribution in [3.05, 3.63) is 64.7 Å². The number of nitrogens with one attached hydrogen (secondary N) is 1. The lowest BCUT2D eigenvalue weighted by atomic mass is 9.74. The second kappa shape index (κ2) is 7.84. The van der Waals surface area contributed by atoms with E-state index >= 15 is 0 Å². The Hall–Kier alpha value is -2.80. The molecule has 0 spiro atoms. The fraction of sp³-hybridized carbons (Fsp3) is 0.350. The third kappa shape index (κ3) is 4.14. The van der Waals surface area contributed by atoms with Gasteiger partial charge in [0.15, 0.2) is 0 Å². The molecule has 1 aliphatic heterocycles. The molecule has 27 heavy (non-hydrogen) atoms. The number of carboxylic acid groups (broad SMARTS) is 1. The first-order valence-electron chi connectivity index (χ1n) is 8.74. The molecule has 2 aromatic rings. The molecule has 6 nitrogen and oxygen atoms in total. The summed E-state index contributed by atoms with van der Waals surface area (Å²) in [5.74, 6) is -1.75. The number of aryl methyl sites for hydroxylation is 1. The SMILES string of the molecule is Cc1nc(C(=O)NCC2(c3ccc(F)cc3)CCOCC2)ccc1C(=O)O. The van der Waals surface area contributed by atoms with Gasteiger partial charge in [0.2, 0.25) is 0 Å². The van der Waals surface area contributed by atoms with Crippen LogP contribution in [0.15, 0.2) is 36.4 Å². The number of aromatic carboxylic acids is 1. The number of carboxylic acids is 1. The van der Waals surface area contributed by atoms with Gasteiger partial charge in [0.05, 0.1) is 11.3 Å². The lowest BCUT2D eigenvalue weighted by Crippen LogP contribution is -2.44. The molecule has 0 saturated carbocycles. The van der Waals surface area contributed by atoms with Crippen molar-refractivity contribution < 1.29 is 23.8 Å². The predicted molar refractivity (Wildman–Crippen MR) is 96.4 cm³/mol. The number of rotatable bonds is 5. The Balaban J connectivity index is 1.77. The molecule has 0 aliphatic carbocycles. The monoisotopic (exact) mass is 372 g/mol. The summed E-state index contributed by atoms with van der Waals surface area (Å²) < 4.78 is 18.8. The Morgan fingerprint density at radius 1 is 1.19 bits per heavy atom. The third-order valence-corrected chi connectivity index (χ3v) is 5.04. The number of hydrogen-bond donors (Lipinski definition) is 2. The van der Waals surface area contributed by atoms with Gasteiger partial charge in [0.25, 0.3) is 5.91 Å². The number of benzene rings is 1. The van der Waals surface area contributed by atoms with E-state index in [0.717, 1.165) is 5.56 Å². The van der Waals surface area contributed by atoms with E-state index in [2.05, 4.69) is 10.3 Å². The van der Waals surface area contributed by atoms with Crippen LogP contribution >= 0.6 is 0 Å². The summed E-state index contributed by atoms with van der Waals surface area (Å²) in [7, 11) is 0. The van der Waals surface area contributed by atoms with Gasteiger partial charge in [-0.15, -0.1) is 0 Å². The van der Waals surface area contributed by atoms with Crippen molar-refractivity contribution >= 4 is 11.9 Å². The average Bonchev–Trinajstić information content (AvgIpc) is 2.67. The normalized spacial score (nSPS) is 15.9. The van der Waals surface area contributed by atoms with Gasteiger partial charge >= 0.3 is 5.97 Å². The average molecular weight is 372 g/mol. The molecule has 0 radical (unpaired) electrons. The number of halogens is 1. The number of nitrogens with zero attached hydrogens (tertiary/aromatic N) is 1. The second-order valence-electron chi connectivity index (χ2n) is 6.72. The zero-order valence-electron chi connectivity index (χ0n) is 15.0. The maximum Gasteiger partial charge on any atom is 0.337 e. The van der Waals surface area contributed by atoms with Gasteiger partial charge in [-0.3, -0.25) is 4.79 Å². The highest BCUT2D eigenvalue weighted by Gasteiger charge is 2.35. The minimum Gasteiger partial charge on any atom is -0.478 e. The maximum atomic E-state index is 13.3. The van der Waals surface area contributed by atoms with Crippen LogP contribution in [0, 0.1) is 12.7 Å². The van der Waals surface area contributed by atoms with Crippen molar-refractivity contribution in [2.45, 2.75) is 25.2 Å². The molecular weight excluding hydrogens is 351 g/mol. The van der Waals surface area contributed by atoms with Crippen molar-refractivity contribution in [3.63, 3.8) is 0 Å². The highest BCUT2D eigenvalue weighted by molar-refractivity contribution is 5.94. The molecule has 7 heteroatoms. The van der Waals surface area contributed by atoms with E-state index in [4.69, 9.17) is 9.84 Å². The summed E-state index contributed by atoms with van der Waals surface area (Å²) in [5, 5.41) is 12.0. The largest absolute Gasteiger partial charge is 0.478 e. The lowest BCUT2D eigenvalue weighted by molar-refractivity contribution is 0.0486. The molecule has 1 aromatic heterocycles. The second-order valence-corrected chi connectivity index (χ2v) is 6.72. The standard InChI is InChI=1S/C20H21FN2O4/c1-13-16(19(25)26)6-7-17(23-13)18(24)22-12-20(8-10-27-11-9-20)14-2-4-15(21)5-3-14/h2-7H,8-12H2,1H3,(H,22,24)(H,25,26). The Morgan fingerprint density at radius 2 is 1.85 bits per heavy atom. The van der Waals surface area contributed by atoms with Crippen LogP contribution in [0.25, 0.3) is 0 Å². The molecule has 1 saturated heterocycles. The number of ether oxygens (including phenoxy) is 1. The van der Waals surface area contributed by atoms with E-state index in [1.54, 1.807) is 19.1 Å². The first-order chi connectivity index (χ1) is 12.9. The summed E-state index contributed by atoms with van der Waals surface area (Å²) >= 11 is 0. The zero-order chi connectivity index (χ0) is 19.4. The number of hydrogen-bond acceptors (Lipinski definition) is 4. The van der Waals surface area contributed by atoms with E-state index < -0.39 is 5.97 Å². The van der Waals surface area contributed by atoms with Crippen molar-refractivity contribution in [2.75, 3.05) is 19.8 Å². The summed E-state index contributed by atoms with van der Waals surface area (Å²) in [6.45, 7) is 3.05. The van der Waals surface area contributed by atoms with Crippen LogP contribution in [-0.2, 0) is 10.2 Å². The Labute approximate surface area is 156 Å². The van der Waals surface area contributed by atoms with E-state index in [9.17, 15) is 14.0 Å². The van der Waals surface area contributed by atoms with Gasteiger partial charge in [-0.1, -0.05) is 12.1 Å². The third-order valence-electron chi connectivity index (χ3n) is 5.04. The van der Waals surface area contributed by atoms with Crippen molar-refractivity contribution in [3.8, 4) is 0 Å². The highest BCUT2D eigenvalue weighted by Crippen LogP contribution is 2.34. The van der Waals surface area contributed by atoms with Crippen LogP contribution in [0.2, 0.25) is 0 Å². The first kappa shape index (κ1) is 19.0. The van der Waals surface area contributed by atoms with E-state index in [1.165, 1.54) is 24.3 Å². The van der Waals surface area contributed by atoms with Crippen LogP contribution < -0.4 is 5.32 Å². The molecule has 2 heterocycles. The molecule has 3 rings (SSSR count). The summed E-state index contributed by atoms with van der Waals surface area (Å²) in [6, 6.07) is 9.12. The number of pyridine rings is 1. The first-order valence-corrected chi connectivity index (χ1v) is 8.74. The number of carbonyl (C=O) groups excluding carboxylic acids is 1. The maximum absolute atomic E-state index is 13.3. The quantitative estimate of drug-likeness (QED) is 0.842. The number of carbonyl (C=O) groups is 2. The minimum absolute atomic E-state index is 0.0683. The molecule has 1 aliphatic rings. The molecule has 0 unspecified atom stereocenters. The minimum atomic E-state index is -1.08. The van der Waals surface area contributed by atoms with E-state index in [-0.39, 0.29) is 34.1 Å². The molecule has 0 atom stereocenters. The van der Waals surface area contributed by atoms with E-state index in [1.807, 2.05) is 0 Å². The molecule has 2 N–H and O–H groups in total. The van der Waals surface area contributed by atoms with E-state index in [0.29, 0.717) is 32.6 Å². The highest BCUT2D eigenvalue weighted by atomic mass is 19.1. The Kier molecular flexibility index (Phi) is 5.51. The topological polar surface area (TPSA) is 88.5 Å². The molecule has 0 bridgehead atoms. The van der Waals surface area contributed by atoms with Crippen LogP contribution in [0.5, 0.6) is 0 Å². The molecule has 1 aromatic carbocycles. The Morgan fingerprint density at radius 3 is 2.44 bits per heavy atom. The predicted octanol–water partition coefficient (Wildman–Crippen LogP) is 2.71. The van der Waals surface area contributed by atoms with Crippen molar-refractivity contribution in [2.24, 2.45) is 0 Å². The summed E-state index contributed by atoms with van der Waals surface area (Å²) in [5.41, 5.74) is 1.14. The zero-order valence-corrected chi connectivity index (χ0v) is 15.0. The Bertz CT molecular complexity index is 846. The summed E-state index contributed by atoms with van der Waals surface area (Å²) in [6.07, 6.45) is 1.42. The van der Waals surface area contributed by atoms with Gasteiger partial charge in [0, 0.05) is 25.2 Å². The van der Waals surface area contributed by atoms with Gasteiger partial charge in [-0.05, 0) is 49.6 Å². The van der Waals surface area contributed by atoms with Gasteiger partial charge in [0.1, 0.15) is 11.5 Å². The smallest absolute Gasteiger partial charge is 0.337 e. The fourth-order valence-corrected chi connectivity index (χ4v) is 3.39. The molecule has 1 amide bonds. The van der Waals surface area contributed by atoms with Crippen LogP contribution in [0.1, 0.15) is 44.9 Å². The van der Waals surface area contributed by atoms with Crippen molar-refractivity contribution in [1.82, 2.24) is 10.3 Å². The van der Waals surface area contributed by atoms with Crippen LogP contribution in [0.4, 0.5) is 4.39 Å². The summed E-state index contributed by atoms with van der Waals surface area (Å²) in [4.78, 5) is 27.7. The van der Waals surface area contributed by atoms with Crippen LogP contribution in [0.3, 0.4) is 0 Å². The van der Waals surface area contributed by atoms with Gasteiger partial charge < -0.3 is 15.2 Å². The van der Waals surface area contributed by atoms with Crippen molar-refractivity contribution in [1.29, 1.82) is 0 Å².